The summed E-state index contributed by atoms with van der Waals surface area (Å²) in [4.78, 5) is 13.6. The number of ether oxygens (including phenoxy) is 1. The van der Waals surface area contributed by atoms with Crippen LogP contribution in [0.25, 0.3) is 0 Å². The van der Waals surface area contributed by atoms with Crippen molar-refractivity contribution >= 4 is 40.1 Å². The molecule has 0 radical (unpaired) electrons. The van der Waals surface area contributed by atoms with Crippen molar-refractivity contribution in [1.82, 2.24) is 4.90 Å². The van der Waals surface area contributed by atoms with Gasteiger partial charge in [0.15, 0.2) is 0 Å². The predicted octanol–water partition coefficient (Wildman–Crippen LogP) is 2.02. The summed E-state index contributed by atoms with van der Waals surface area (Å²) in [5.74, 6) is -0.169. The molecule has 1 N–H and O–H groups in total. The van der Waals surface area contributed by atoms with E-state index in [0.717, 1.165) is 3.57 Å². The number of likely N-dealkylation sites (N-methyl/N-ethyl adjacent to an activating group) is 1. The molecular weight excluding hydrogens is 368 g/mol. The number of amides is 1. The van der Waals surface area contributed by atoms with Crippen LogP contribution in [-0.2, 0) is 4.74 Å². The largest absolute Gasteiger partial charge is 0.389 e. The van der Waals surface area contributed by atoms with Gasteiger partial charge in [0.25, 0.3) is 5.91 Å². The van der Waals surface area contributed by atoms with Gasteiger partial charge >= 0.3 is 0 Å². The van der Waals surface area contributed by atoms with Gasteiger partial charge < -0.3 is 14.7 Å². The molecule has 0 saturated heterocycles. The Morgan fingerprint density at radius 2 is 2.28 bits per heavy atom. The van der Waals surface area contributed by atoms with Crippen LogP contribution in [0.2, 0.25) is 5.02 Å². The van der Waals surface area contributed by atoms with E-state index in [1.807, 2.05) is 0 Å². The fourth-order valence-corrected chi connectivity index (χ4v) is 2.25. The zero-order valence-electron chi connectivity index (χ0n) is 10.2. The summed E-state index contributed by atoms with van der Waals surface area (Å²) in [5.41, 5.74) is 0.537. The first-order valence-electron chi connectivity index (χ1n) is 5.33. The van der Waals surface area contributed by atoms with E-state index < -0.39 is 6.10 Å². The average Bonchev–Trinajstić information content (AvgIpc) is 2.31. The number of carbonyl (C=O) groups is 1. The Labute approximate surface area is 125 Å². The minimum Gasteiger partial charge on any atom is -0.389 e. The van der Waals surface area contributed by atoms with Crippen molar-refractivity contribution in [1.29, 1.82) is 0 Å². The predicted molar refractivity (Wildman–Crippen MR) is 79.0 cm³/mol. The summed E-state index contributed by atoms with van der Waals surface area (Å²) in [6.07, 6.45) is -0.694. The number of methoxy groups -OCH3 is 1. The van der Waals surface area contributed by atoms with Gasteiger partial charge in [-0.1, -0.05) is 11.6 Å². The lowest BCUT2D eigenvalue weighted by molar-refractivity contribution is 0.0380. The molecule has 4 nitrogen and oxygen atoms in total. The molecule has 1 aromatic rings. The zero-order valence-corrected chi connectivity index (χ0v) is 13.1. The van der Waals surface area contributed by atoms with Crippen molar-refractivity contribution in [3.05, 3.63) is 32.4 Å². The maximum atomic E-state index is 12.2. The number of benzene rings is 1. The standard InChI is InChI=1S/C12H15ClINO3/c1-15(6-9(16)7-18-2)12(17)10-5-8(13)3-4-11(10)14/h3-5,9,16H,6-7H2,1-2H3. The second kappa shape index (κ2) is 7.28. The van der Waals surface area contributed by atoms with Crippen LogP contribution in [0.5, 0.6) is 0 Å². The van der Waals surface area contributed by atoms with Crippen molar-refractivity contribution in [2.45, 2.75) is 6.10 Å². The van der Waals surface area contributed by atoms with Gasteiger partial charge in [0.05, 0.1) is 18.3 Å². The van der Waals surface area contributed by atoms with Crippen LogP contribution >= 0.6 is 34.2 Å². The molecule has 100 valence electrons. The molecule has 0 aromatic heterocycles. The lowest BCUT2D eigenvalue weighted by atomic mass is 10.2. The monoisotopic (exact) mass is 383 g/mol. The maximum absolute atomic E-state index is 12.2. The second-order valence-electron chi connectivity index (χ2n) is 3.92. The molecule has 18 heavy (non-hydrogen) atoms. The Hall–Kier alpha value is -0.370. The van der Waals surface area contributed by atoms with E-state index >= 15 is 0 Å². The van der Waals surface area contributed by atoms with Crippen molar-refractivity contribution < 1.29 is 14.6 Å². The third kappa shape index (κ3) is 4.38. The second-order valence-corrected chi connectivity index (χ2v) is 5.52. The molecular formula is C12H15ClINO3. The van der Waals surface area contributed by atoms with E-state index in [0.29, 0.717) is 10.6 Å². The lowest BCUT2D eigenvalue weighted by Crippen LogP contribution is -2.36. The number of hydrogen-bond acceptors (Lipinski definition) is 3. The van der Waals surface area contributed by atoms with Crippen LogP contribution < -0.4 is 0 Å². The smallest absolute Gasteiger partial charge is 0.254 e. The highest BCUT2D eigenvalue weighted by Crippen LogP contribution is 2.19. The van der Waals surface area contributed by atoms with E-state index in [-0.39, 0.29) is 19.1 Å². The molecule has 0 aliphatic rings. The first-order valence-corrected chi connectivity index (χ1v) is 6.79. The zero-order chi connectivity index (χ0) is 13.7. The van der Waals surface area contributed by atoms with Crippen LogP contribution in [0, 0.1) is 3.57 Å². The van der Waals surface area contributed by atoms with E-state index in [2.05, 4.69) is 22.6 Å². The minimum atomic E-state index is -0.694. The van der Waals surface area contributed by atoms with E-state index in [4.69, 9.17) is 16.3 Å². The van der Waals surface area contributed by atoms with Gasteiger partial charge in [-0.25, -0.2) is 0 Å². The molecule has 6 heteroatoms. The first-order chi connectivity index (χ1) is 8.45. The van der Waals surface area contributed by atoms with Gasteiger partial charge in [0.1, 0.15) is 0 Å². The fraction of sp³-hybridized carbons (Fsp3) is 0.417. The molecule has 0 spiro atoms. The molecule has 1 aromatic carbocycles. The molecule has 0 aliphatic carbocycles. The van der Waals surface area contributed by atoms with E-state index in [1.165, 1.54) is 12.0 Å². The molecule has 1 rings (SSSR count). The number of carbonyl (C=O) groups excluding carboxylic acids is 1. The average molecular weight is 384 g/mol. The Morgan fingerprint density at radius 1 is 1.61 bits per heavy atom. The summed E-state index contributed by atoms with van der Waals surface area (Å²) in [7, 11) is 3.14. The number of nitrogens with zero attached hydrogens (tertiary/aromatic N) is 1. The summed E-state index contributed by atoms with van der Waals surface area (Å²) in [6.45, 7) is 0.416. The molecule has 0 heterocycles. The van der Waals surface area contributed by atoms with Gasteiger partial charge in [-0.05, 0) is 40.8 Å². The fourth-order valence-electron chi connectivity index (χ4n) is 1.51. The van der Waals surface area contributed by atoms with Gasteiger partial charge in [-0.15, -0.1) is 0 Å². The number of aliphatic hydroxyl groups excluding tert-OH is 1. The minimum absolute atomic E-state index is 0.169. The van der Waals surface area contributed by atoms with Gasteiger partial charge in [0, 0.05) is 29.3 Å². The molecule has 0 fully saturated rings. The molecule has 1 unspecified atom stereocenters. The molecule has 1 amide bonds. The van der Waals surface area contributed by atoms with Gasteiger partial charge in [0.2, 0.25) is 0 Å². The quantitative estimate of drug-likeness (QED) is 0.792. The van der Waals surface area contributed by atoms with Crippen molar-refractivity contribution in [2.24, 2.45) is 0 Å². The first kappa shape index (κ1) is 15.7. The highest BCUT2D eigenvalue weighted by atomic mass is 127. The Bertz CT molecular complexity index is 428. The highest BCUT2D eigenvalue weighted by molar-refractivity contribution is 14.1. The molecule has 1 atom stereocenters. The normalized spacial score (nSPS) is 12.3. The Kier molecular flexibility index (Phi) is 6.34. The Balaban J connectivity index is 2.77. The van der Waals surface area contributed by atoms with Crippen LogP contribution in [0.4, 0.5) is 0 Å². The number of rotatable bonds is 5. The lowest BCUT2D eigenvalue weighted by Gasteiger charge is -2.21. The molecule has 0 bridgehead atoms. The molecule has 0 aliphatic heterocycles. The van der Waals surface area contributed by atoms with Crippen LogP contribution in [-0.4, -0.2) is 49.3 Å². The van der Waals surface area contributed by atoms with E-state index in [9.17, 15) is 9.90 Å². The Morgan fingerprint density at radius 3 is 2.89 bits per heavy atom. The number of halogens is 2. The van der Waals surface area contributed by atoms with Gasteiger partial charge in [-0.2, -0.15) is 0 Å². The van der Waals surface area contributed by atoms with Crippen molar-refractivity contribution in [2.75, 3.05) is 27.3 Å². The van der Waals surface area contributed by atoms with E-state index in [1.54, 1.807) is 25.2 Å². The van der Waals surface area contributed by atoms with Crippen LogP contribution in [0.3, 0.4) is 0 Å². The van der Waals surface area contributed by atoms with Crippen LogP contribution in [0.1, 0.15) is 10.4 Å². The van der Waals surface area contributed by atoms with Crippen molar-refractivity contribution in [3.8, 4) is 0 Å². The third-order valence-corrected chi connectivity index (χ3v) is 3.52. The maximum Gasteiger partial charge on any atom is 0.254 e. The van der Waals surface area contributed by atoms with Crippen LogP contribution in [0.15, 0.2) is 18.2 Å². The number of hydrogen-bond donors (Lipinski definition) is 1. The summed E-state index contributed by atoms with van der Waals surface area (Å²) < 4.78 is 5.65. The summed E-state index contributed by atoms with van der Waals surface area (Å²) in [6, 6.07) is 5.15. The topological polar surface area (TPSA) is 49.8 Å². The molecule has 0 saturated carbocycles. The SMILES string of the molecule is COCC(O)CN(C)C(=O)c1cc(Cl)ccc1I. The third-order valence-electron chi connectivity index (χ3n) is 2.35. The van der Waals surface area contributed by atoms with Gasteiger partial charge in [-0.3, -0.25) is 4.79 Å². The van der Waals surface area contributed by atoms with Crippen molar-refractivity contribution in [3.63, 3.8) is 0 Å². The highest BCUT2D eigenvalue weighted by Gasteiger charge is 2.17. The summed E-state index contributed by atoms with van der Waals surface area (Å²) in [5, 5.41) is 10.1. The summed E-state index contributed by atoms with van der Waals surface area (Å²) >= 11 is 7.96. The number of aliphatic hydroxyl groups is 1.